The molecule has 0 spiro atoms. The smallest absolute Gasteiger partial charge is 0.0184 e. The predicted molar refractivity (Wildman–Crippen MR) is 71.0 cm³/mol. The lowest BCUT2D eigenvalue weighted by Gasteiger charge is -2.03. The summed E-state index contributed by atoms with van der Waals surface area (Å²) < 4.78 is 0. The summed E-state index contributed by atoms with van der Waals surface area (Å²) in [5, 5.41) is 0. The highest BCUT2D eigenvalue weighted by Gasteiger charge is 1.96. The van der Waals surface area contributed by atoms with Gasteiger partial charge in [-0.1, -0.05) is 85.1 Å². The second-order valence-electron chi connectivity index (χ2n) is 3.50. The van der Waals surface area contributed by atoms with Crippen LogP contribution in [0, 0.1) is 0 Å². The van der Waals surface area contributed by atoms with Crippen molar-refractivity contribution in [1.82, 2.24) is 0 Å². The van der Waals surface area contributed by atoms with Crippen molar-refractivity contribution in [3.8, 4) is 0 Å². The summed E-state index contributed by atoms with van der Waals surface area (Å²) >= 11 is 0. The van der Waals surface area contributed by atoms with Crippen molar-refractivity contribution < 1.29 is 0 Å². The third-order valence-electron chi connectivity index (χ3n) is 2.33. The van der Waals surface area contributed by atoms with Gasteiger partial charge in [0.15, 0.2) is 0 Å². The molecule has 2 aliphatic carbocycles. The molecule has 0 aliphatic heterocycles. The van der Waals surface area contributed by atoms with E-state index in [1.165, 1.54) is 11.1 Å². The fourth-order valence-electron chi connectivity index (χ4n) is 1.52. The Morgan fingerprint density at radius 2 is 0.750 bits per heavy atom. The molecule has 0 fully saturated rings. The Bertz CT molecular complexity index is 426. The van der Waals surface area contributed by atoms with Crippen molar-refractivity contribution in [3.63, 3.8) is 0 Å². The maximum absolute atomic E-state index is 2.12. The van der Waals surface area contributed by atoms with Gasteiger partial charge in [-0.05, 0) is 11.1 Å². The van der Waals surface area contributed by atoms with Crippen LogP contribution < -0.4 is 0 Å². The van der Waals surface area contributed by atoms with Gasteiger partial charge >= 0.3 is 0 Å². The summed E-state index contributed by atoms with van der Waals surface area (Å²) in [4.78, 5) is 0. The van der Waals surface area contributed by atoms with E-state index >= 15 is 0 Å². The van der Waals surface area contributed by atoms with E-state index in [2.05, 4.69) is 48.6 Å². The second kappa shape index (κ2) is 5.72. The first-order valence-electron chi connectivity index (χ1n) is 5.40. The third-order valence-corrected chi connectivity index (χ3v) is 2.33. The fourth-order valence-corrected chi connectivity index (χ4v) is 1.52. The lowest BCUT2D eigenvalue weighted by Crippen LogP contribution is -1.84. The van der Waals surface area contributed by atoms with Gasteiger partial charge in [-0.25, -0.2) is 0 Å². The molecular weight excluding hydrogens is 192 g/mol. The van der Waals surface area contributed by atoms with E-state index in [1.54, 1.807) is 0 Å². The van der Waals surface area contributed by atoms with E-state index < -0.39 is 0 Å². The lowest BCUT2D eigenvalue weighted by atomic mass is 10.0. The van der Waals surface area contributed by atoms with Crippen LogP contribution in [0.3, 0.4) is 0 Å². The van der Waals surface area contributed by atoms with Gasteiger partial charge in [0.25, 0.3) is 0 Å². The van der Waals surface area contributed by atoms with E-state index in [1.807, 2.05) is 36.5 Å². The van der Waals surface area contributed by atoms with Crippen LogP contribution in [0.5, 0.6) is 0 Å². The Morgan fingerprint density at radius 3 is 1.25 bits per heavy atom. The van der Waals surface area contributed by atoms with Crippen molar-refractivity contribution >= 4 is 0 Å². The molecule has 0 unspecified atom stereocenters. The summed E-state index contributed by atoms with van der Waals surface area (Å²) in [6.07, 6.45) is 28.9. The SMILES string of the molecule is C1=CC=CC(C2=CC=CC=CC=C2)=CC=C1. The second-order valence-corrected chi connectivity index (χ2v) is 3.50. The first-order chi connectivity index (χ1) is 7.97. The monoisotopic (exact) mass is 206 g/mol. The Hall–Kier alpha value is -2.08. The molecular formula is C16H14. The van der Waals surface area contributed by atoms with Crippen LogP contribution in [0.25, 0.3) is 0 Å². The minimum atomic E-state index is 1.22. The molecule has 2 rings (SSSR count). The van der Waals surface area contributed by atoms with Crippen molar-refractivity contribution in [2.24, 2.45) is 0 Å². The van der Waals surface area contributed by atoms with Crippen molar-refractivity contribution in [1.29, 1.82) is 0 Å². The predicted octanol–water partition coefficient (Wildman–Crippen LogP) is 4.20. The molecule has 0 saturated heterocycles. The molecule has 0 heterocycles. The van der Waals surface area contributed by atoms with Gasteiger partial charge in [-0.2, -0.15) is 0 Å². The van der Waals surface area contributed by atoms with Crippen LogP contribution in [0.2, 0.25) is 0 Å². The summed E-state index contributed by atoms with van der Waals surface area (Å²) in [7, 11) is 0. The van der Waals surface area contributed by atoms with Crippen LogP contribution in [0.4, 0.5) is 0 Å². The molecule has 0 N–H and O–H groups in total. The molecule has 0 aromatic carbocycles. The van der Waals surface area contributed by atoms with Crippen molar-refractivity contribution in [2.75, 3.05) is 0 Å². The maximum Gasteiger partial charge on any atom is -0.0184 e. The van der Waals surface area contributed by atoms with Crippen LogP contribution in [-0.4, -0.2) is 0 Å². The molecule has 16 heavy (non-hydrogen) atoms. The molecule has 0 heteroatoms. The summed E-state index contributed by atoms with van der Waals surface area (Å²) in [5.41, 5.74) is 2.44. The standard InChI is InChI=1S/C16H14/c1-3-7-11-15(12-8-4-1)16-13-9-5-2-6-10-14-16/h1-14H. The summed E-state index contributed by atoms with van der Waals surface area (Å²) in [5.74, 6) is 0. The van der Waals surface area contributed by atoms with Crippen LogP contribution >= 0.6 is 0 Å². The summed E-state index contributed by atoms with van der Waals surface area (Å²) in [6, 6.07) is 0. The number of rotatable bonds is 1. The zero-order valence-corrected chi connectivity index (χ0v) is 9.08. The minimum absolute atomic E-state index is 1.22. The Kier molecular flexibility index (Phi) is 3.73. The summed E-state index contributed by atoms with van der Waals surface area (Å²) in [6.45, 7) is 0. The van der Waals surface area contributed by atoms with E-state index in [-0.39, 0.29) is 0 Å². The molecule has 0 amide bonds. The minimum Gasteiger partial charge on any atom is -0.0623 e. The van der Waals surface area contributed by atoms with E-state index in [9.17, 15) is 0 Å². The first kappa shape index (κ1) is 10.4. The van der Waals surface area contributed by atoms with E-state index in [4.69, 9.17) is 0 Å². The zero-order valence-electron chi connectivity index (χ0n) is 9.08. The molecule has 0 aromatic rings. The molecule has 0 saturated carbocycles. The van der Waals surface area contributed by atoms with Gasteiger partial charge in [0, 0.05) is 0 Å². The van der Waals surface area contributed by atoms with Crippen LogP contribution in [0.15, 0.2) is 96.2 Å². The highest BCUT2D eigenvalue weighted by atomic mass is 14.0. The Labute approximate surface area is 96.7 Å². The number of hydrogen-bond donors (Lipinski definition) is 0. The normalized spacial score (nSPS) is 18.5. The fraction of sp³-hybridized carbons (Fsp3) is 0. The van der Waals surface area contributed by atoms with Gasteiger partial charge in [0.05, 0.1) is 0 Å². The molecule has 0 radical (unpaired) electrons. The molecule has 0 nitrogen and oxygen atoms in total. The van der Waals surface area contributed by atoms with Gasteiger partial charge in [-0.3, -0.25) is 0 Å². The molecule has 78 valence electrons. The van der Waals surface area contributed by atoms with Crippen LogP contribution in [-0.2, 0) is 0 Å². The average Bonchev–Trinajstić information content (AvgIpc) is 2.18. The van der Waals surface area contributed by atoms with Crippen molar-refractivity contribution in [3.05, 3.63) is 96.2 Å². The van der Waals surface area contributed by atoms with E-state index in [0.717, 1.165) is 0 Å². The van der Waals surface area contributed by atoms with Crippen molar-refractivity contribution in [2.45, 2.75) is 0 Å². The largest absolute Gasteiger partial charge is 0.0623 e. The molecule has 2 aliphatic rings. The lowest BCUT2D eigenvalue weighted by molar-refractivity contribution is 1.52. The maximum atomic E-state index is 2.12. The highest BCUT2D eigenvalue weighted by Crippen LogP contribution is 2.16. The third kappa shape index (κ3) is 2.96. The molecule has 0 bridgehead atoms. The van der Waals surface area contributed by atoms with Gasteiger partial charge in [0.1, 0.15) is 0 Å². The van der Waals surface area contributed by atoms with Gasteiger partial charge < -0.3 is 0 Å². The first-order valence-corrected chi connectivity index (χ1v) is 5.40. The molecule has 0 aromatic heterocycles. The molecule has 0 atom stereocenters. The quantitative estimate of drug-likeness (QED) is 0.603. The Morgan fingerprint density at radius 1 is 0.375 bits per heavy atom. The average molecular weight is 206 g/mol. The Balaban J connectivity index is 2.29. The van der Waals surface area contributed by atoms with Crippen LogP contribution in [0.1, 0.15) is 0 Å². The van der Waals surface area contributed by atoms with E-state index in [0.29, 0.717) is 0 Å². The topological polar surface area (TPSA) is 0 Å². The van der Waals surface area contributed by atoms with Gasteiger partial charge in [0.2, 0.25) is 0 Å². The number of hydrogen-bond acceptors (Lipinski definition) is 0. The zero-order chi connectivity index (χ0) is 11.1. The highest BCUT2D eigenvalue weighted by molar-refractivity contribution is 5.52. The van der Waals surface area contributed by atoms with Gasteiger partial charge in [-0.15, -0.1) is 0 Å². The number of allylic oxidation sites excluding steroid dienone is 16.